The zero-order valence-corrected chi connectivity index (χ0v) is 14.6. The second-order valence-electron chi connectivity index (χ2n) is 6.10. The molecule has 1 aliphatic heterocycles. The topological polar surface area (TPSA) is 79.3 Å². The van der Waals surface area contributed by atoms with Gasteiger partial charge in [0.25, 0.3) is 5.91 Å². The van der Waals surface area contributed by atoms with E-state index in [1.165, 1.54) is 0 Å². The van der Waals surface area contributed by atoms with Gasteiger partial charge in [-0.1, -0.05) is 13.0 Å². The minimum Gasteiger partial charge on any atom is -0.345 e. The van der Waals surface area contributed by atoms with Crippen LogP contribution >= 0.6 is 0 Å². The van der Waals surface area contributed by atoms with Crippen molar-refractivity contribution in [3.63, 3.8) is 0 Å². The highest BCUT2D eigenvalue weighted by Crippen LogP contribution is 2.23. The number of hydrogen-bond acceptors (Lipinski definition) is 3. The van der Waals surface area contributed by atoms with E-state index < -0.39 is 0 Å². The molecule has 0 atom stereocenters. The molecule has 0 radical (unpaired) electrons. The minimum absolute atomic E-state index is 0.123. The molecule has 1 aromatic heterocycles. The third-order valence-electron chi connectivity index (χ3n) is 4.29. The Bertz CT molecular complexity index is 784. The van der Waals surface area contributed by atoms with Gasteiger partial charge in [-0.05, 0) is 31.0 Å². The molecule has 2 N–H and O–H groups in total. The average molecular weight is 341 g/mol. The highest BCUT2D eigenvalue weighted by molar-refractivity contribution is 5.99. The van der Waals surface area contributed by atoms with E-state index in [0.29, 0.717) is 25.2 Å². The van der Waals surface area contributed by atoms with Gasteiger partial charge in [-0.2, -0.15) is 0 Å². The van der Waals surface area contributed by atoms with E-state index in [1.807, 2.05) is 23.8 Å². The molecule has 3 rings (SSSR count). The standard InChI is InChI=1S/C18H23N5O2/c1-3-8-22-9-6-19-16(22)12-21-17(24)14-5-4-13(2)15(11-14)23-10-7-20-18(23)25/h4-6,9,11H,3,7-8,10,12H2,1-2H3,(H,20,25)(H,21,24). The van der Waals surface area contributed by atoms with E-state index >= 15 is 0 Å². The predicted molar refractivity (Wildman–Crippen MR) is 95.6 cm³/mol. The molecule has 0 bridgehead atoms. The molecule has 1 saturated heterocycles. The third-order valence-corrected chi connectivity index (χ3v) is 4.29. The van der Waals surface area contributed by atoms with Gasteiger partial charge in [0.1, 0.15) is 5.82 Å². The van der Waals surface area contributed by atoms with Crippen LogP contribution in [-0.4, -0.2) is 34.6 Å². The molecular weight excluding hydrogens is 318 g/mol. The molecule has 1 aliphatic rings. The van der Waals surface area contributed by atoms with Crippen molar-refractivity contribution in [2.75, 3.05) is 18.0 Å². The van der Waals surface area contributed by atoms with Crippen LogP contribution in [0.4, 0.5) is 10.5 Å². The lowest BCUT2D eigenvalue weighted by atomic mass is 10.1. The number of nitrogens with one attached hydrogen (secondary N) is 2. The van der Waals surface area contributed by atoms with Crippen molar-refractivity contribution in [3.05, 3.63) is 47.5 Å². The molecule has 7 heteroatoms. The van der Waals surface area contributed by atoms with Crippen LogP contribution in [0, 0.1) is 6.92 Å². The first-order valence-electron chi connectivity index (χ1n) is 8.54. The predicted octanol–water partition coefficient (Wildman–Crippen LogP) is 2.06. The Balaban J connectivity index is 1.72. The summed E-state index contributed by atoms with van der Waals surface area (Å²) in [4.78, 5) is 30.4. The van der Waals surface area contributed by atoms with Crippen LogP contribution in [0.25, 0.3) is 0 Å². The number of rotatable bonds is 6. The Hall–Kier alpha value is -2.83. The summed E-state index contributed by atoms with van der Waals surface area (Å²) in [5.74, 6) is 0.661. The van der Waals surface area contributed by atoms with Crippen molar-refractivity contribution in [3.8, 4) is 0 Å². The molecule has 2 heterocycles. The summed E-state index contributed by atoms with van der Waals surface area (Å²) in [5.41, 5.74) is 2.27. The number of imidazole rings is 1. The first-order valence-corrected chi connectivity index (χ1v) is 8.54. The molecule has 1 aromatic carbocycles. The van der Waals surface area contributed by atoms with Crippen LogP contribution in [0.15, 0.2) is 30.6 Å². The van der Waals surface area contributed by atoms with Crippen molar-refractivity contribution < 1.29 is 9.59 Å². The Labute approximate surface area is 147 Å². The lowest BCUT2D eigenvalue weighted by Crippen LogP contribution is -2.29. The van der Waals surface area contributed by atoms with E-state index in [9.17, 15) is 9.59 Å². The molecule has 3 amide bonds. The molecule has 0 unspecified atom stereocenters. The Morgan fingerprint density at radius 2 is 2.24 bits per heavy atom. The van der Waals surface area contributed by atoms with Crippen molar-refractivity contribution in [1.82, 2.24) is 20.2 Å². The summed E-state index contributed by atoms with van der Waals surface area (Å²) >= 11 is 0. The van der Waals surface area contributed by atoms with Crippen LogP contribution < -0.4 is 15.5 Å². The number of amides is 3. The number of anilines is 1. The lowest BCUT2D eigenvalue weighted by Gasteiger charge is -2.18. The van der Waals surface area contributed by atoms with Gasteiger partial charge >= 0.3 is 6.03 Å². The van der Waals surface area contributed by atoms with Gasteiger partial charge in [0.05, 0.1) is 6.54 Å². The van der Waals surface area contributed by atoms with Crippen LogP contribution in [-0.2, 0) is 13.1 Å². The molecule has 2 aromatic rings. The molecule has 0 spiro atoms. The van der Waals surface area contributed by atoms with Crippen molar-refractivity contribution in [2.24, 2.45) is 0 Å². The Morgan fingerprint density at radius 1 is 1.40 bits per heavy atom. The van der Waals surface area contributed by atoms with Crippen LogP contribution in [0.5, 0.6) is 0 Å². The summed E-state index contributed by atoms with van der Waals surface area (Å²) in [6.07, 6.45) is 4.67. The van der Waals surface area contributed by atoms with E-state index in [4.69, 9.17) is 0 Å². The molecule has 1 fully saturated rings. The van der Waals surface area contributed by atoms with Crippen LogP contribution in [0.3, 0.4) is 0 Å². The summed E-state index contributed by atoms with van der Waals surface area (Å²) in [6.45, 7) is 6.52. The van der Waals surface area contributed by atoms with Crippen molar-refractivity contribution in [1.29, 1.82) is 0 Å². The smallest absolute Gasteiger partial charge is 0.322 e. The van der Waals surface area contributed by atoms with E-state index in [2.05, 4.69) is 22.5 Å². The first kappa shape index (κ1) is 17.0. The third kappa shape index (κ3) is 3.65. The number of carbonyl (C=O) groups excluding carboxylic acids is 2. The maximum atomic E-state index is 12.5. The SMILES string of the molecule is CCCn1ccnc1CNC(=O)c1ccc(C)c(N2CCNC2=O)c1. The second kappa shape index (κ2) is 7.38. The van der Waals surface area contributed by atoms with E-state index in [1.54, 1.807) is 23.2 Å². The number of benzene rings is 1. The lowest BCUT2D eigenvalue weighted by molar-refractivity contribution is 0.0949. The van der Waals surface area contributed by atoms with Gasteiger partial charge in [0, 0.05) is 43.3 Å². The van der Waals surface area contributed by atoms with E-state index in [0.717, 1.165) is 30.0 Å². The van der Waals surface area contributed by atoms with Gasteiger partial charge in [-0.3, -0.25) is 9.69 Å². The van der Waals surface area contributed by atoms with Gasteiger partial charge in [-0.15, -0.1) is 0 Å². The van der Waals surface area contributed by atoms with E-state index in [-0.39, 0.29) is 11.9 Å². The fourth-order valence-corrected chi connectivity index (χ4v) is 2.96. The number of urea groups is 1. The summed E-state index contributed by atoms with van der Waals surface area (Å²) < 4.78 is 2.04. The van der Waals surface area contributed by atoms with Crippen molar-refractivity contribution in [2.45, 2.75) is 33.4 Å². The highest BCUT2D eigenvalue weighted by atomic mass is 16.2. The highest BCUT2D eigenvalue weighted by Gasteiger charge is 2.23. The zero-order chi connectivity index (χ0) is 17.8. The van der Waals surface area contributed by atoms with Gasteiger partial charge in [0.15, 0.2) is 0 Å². The fourth-order valence-electron chi connectivity index (χ4n) is 2.96. The summed E-state index contributed by atoms with van der Waals surface area (Å²) in [7, 11) is 0. The maximum Gasteiger partial charge on any atom is 0.322 e. The van der Waals surface area contributed by atoms with Gasteiger partial charge in [-0.25, -0.2) is 9.78 Å². The van der Waals surface area contributed by atoms with Crippen molar-refractivity contribution >= 4 is 17.6 Å². The molecular formula is C18H23N5O2. The Kier molecular flexibility index (Phi) is 5.02. The number of aryl methyl sites for hydroxylation is 2. The minimum atomic E-state index is -0.174. The molecule has 0 saturated carbocycles. The molecule has 25 heavy (non-hydrogen) atoms. The molecule has 7 nitrogen and oxygen atoms in total. The molecule has 0 aliphatic carbocycles. The number of hydrogen-bond donors (Lipinski definition) is 2. The summed E-state index contributed by atoms with van der Waals surface area (Å²) in [6, 6.07) is 5.30. The largest absolute Gasteiger partial charge is 0.345 e. The van der Waals surface area contributed by atoms with Crippen LogP contribution in [0.1, 0.15) is 35.1 Å². The normalized spacial score (nSPS) is 13.8. The number of aromatic nitrogens is 2. The fraction of sp³-hybridized carbons (Fsp3) is 0.389. The maximum absolute atomic E-state index is 12.5. The van der Waals surface area contributed by atoms with Gasteiger partial charge in [0.2, 0.25) is 0 Å². The molecule has 132 valence electrons. The summed E-state index contributed by atoms with van der Waals surface area (Å²) in [5, 5.41) is 5.69. The monoisotopic (exact) mass is 341 g/mol. The second-order valence-corrected chi connectivity index (χ2v) is 6.10. The average Bonchev–Trinajstić information content (AvgIpc) is 3.22. The van der Waals surface area contributed by atoms with Crippen LogP contribution in [0.2, 0.25) is 0 Å². The number of carbonyl (C=O) groups is 2. The van der Waals surface area contributed by atoms with Gasteiger partial charge < -0.3 is 15.2 Å². The number of nitrogens with zero attached hydrogens (tertiary/aromatic N) is 3. The zero-order valence-electron chi connectivity index (χ0n) is 14.6. The quantitative estimate of drug-likeness (QED) is 0.844. The first-order chi connectivity index (χ1) is 12.1. The Morgan fingerprint density at radius 3 is 2.96 bits per heavy atom.